The second-order valence-corrected chi connectivity index (χ2v) is 7.01. The maximum Gasteiger partial charge on any atom is 0.433 e. The molecule has 32 heavy (non-hydrogen) atoms. The van der Waals surface area contributed by atoms with Gasteiger partial charge in [-0.3, -0.25) is 9.78 Å². The van der Waals surface area contributed by atoms with Gasteiger partial charge in [-0.2, -0.15) is 13.2 Å². The lowest BCUT2D eigenvalue weighted by atomic mass is 10.0. The van der Waals surface area contributed by atoms with E-state index in [0.29, 0.717) is 16.7 Å². The summed E-state index contributed by atoms with van der Waals surface area (Å²) < 4.78 is 38.6. The molecule has 0 unspecified atom stereocenters. The van der Waals surface area contributed by atoms with E-state index in [-0.39, 0.29) is 12.5 Å². The fourth-order valence-corrected chi connectivity index (χ4v) is 3.13. The van der Waals surface area contributed by atoms with Gasteiger partial charge in [0.2, 0.25) is 0 Å². The Hall–Kier alpha value is -4.07. The van der Waals surface area contributed by atoms with Gasteiger partial charge in [-0.15, -0.1) is 0 Å². The smallest absolute Gasteiger partial charge is 0.348 e. The number of hydrogen-bond donors (Lipinski definition) is 1. The van der Waals surface area contributed by atoms with Crippen molar-refractivity contribution in [3.8, 4) is 22.3 Å². The molecule has 4 rings (SSSR count). The first kappa shape index (κ1) is 21.2. The highest BCUT2D eigenvalue weighted by Gasteiger charge is 2.32. The van der Waals surface area contributed by atoms with E-state index in [1.165, 1.54) is 12.4 Å². The van der Waals surface area contributed by atoms with Crippen molar-refractivity contribution in [2.45, 2.75) is 12.7 Å². The van der Waals surface area contributed by atoms with Crippen LogP contribution in [0, 0.1) is 0 Å². The Kier molecular flexibility index (Phi) is 5.93. The Morgan fingerprint density at radius 2 is 1.44 bits per heavy atom. The Morgan fingerprint density at radius 3 is 2.09 bits per heavy atom. The number of carbonyl (C=O) groups excluding carboxylic acids is 1. The maximum atomic E-state index is 12.9. The molecule has 0 aliphatic rings. The molecule has 0 saturated heterocycles. The van der Waals surface area contributed by atoms with Crippen molar-refractivity contribution >= 4 is 5.91 Å². The average Bonchev–Trinajstić information content (AvgIpc) is 2.83. The first-order chi connectivity index (χ1) is 15.4. The first-order valence-corrected chi connectivity index (χ1v) is 9.66. The molecule has 160 valence electrons. The highest BCUT2D eigenvalue weighted by atomic mass is 19.4. The molecule has 2 aromatic heterocycles. The van der Waals surface area contributed by atoms with E-state index in [1.54, 1.807) is 48.8 Å². The molecule has 0 aliphatic carbocycles. The number of nitrogens with one attached hydrogen (secondary N) is 1. The first-order valence-electron chi connectivity index (χ1n) is 9.66. The average molecular weight is 434 g/mol. The predicted molar refractivity (Wildman–Crippen MR) is 113 cm³/mol. The number of carbonyl (C=O) groups is 1. The Labute approximate surface area is 182 Å². The Balaban J connectivity index is 1.39. The monoisotopic (exact) mass is 434 g/mol. The van der Waals surface area contributed by atoms with E-state index in [0.717, 1.165) is 29.0 Å². The van der Waals surface area contributed by atoms with Crippen molar-refractivity contribution in [3.05, 3.63) is 102 Å². The SMILES string of the molecule is O=C(NCc1ccc(-c2ccnc(C(F)(F)F)c2)cc1)c1ccc(-c2cncnc2)cc1. The third-order valence-electron chi connectivity index (χ3n) is 4.83. The minimum Gasteiger partial charge on any atom is -0.348 e. The lowest BCUT2D eigenvalue weighted by molar-refractivity contribution is -0.141. The van der Waals surface area contributed by atoms with Crippen LogP contribution in [0.2, 0.25) is 0 Å². The van der Waals surface area contributed by atoms with Crippen LogP contribution >= 0.6 is 0 Å². The third-order valence-corrected chi connectivity index (χ3v) is 4.83. The summed E-state index contributed by atoms with van der Waals surface area (Å²) in [6, 6.07) is 16.6. The molecule has 4 aromatic rings. The lowest BCUT2D eigenvalue weighted by Gasteiger charge is -2.09. The van der Waals surface area contributed by atoms with Crippen molar-refractivity contribution in [3.63, 3.8) is 0 Å². The molecule has 0 spiro atoms. The van der Waals surface area contributed by atoms with Gasteiger partial charge in [-0.05, 0) is 46.5 Å². The minimum absolute atomic E-state index is 0.228. The summed E-state index contributed by atoms with van der Waals surface area (Å²) in [6.07, 6.45) is 1.49. The number of nitrogens with zero attached hydrogens (tertiary/aromatic N) is 3. The van der Waals surface area contributed by atoms with E-state index in [1.807, 2.05) is 12.1 Å². The van der Waals surface area contributed by atoms with Crippen LogP contribution in [0.5, 0.6) is 0 Å². The van der Waals surface area contributed by atoms with Crippen LogP contribution in [-0.2, 0) is 12.7 Å². The van der Waals surface area contributed by atoms with E-state index in [4.69, 9.17) is 0 Å². The number of rotatable bonds is 5. The molecule has 0 fully saturated rings. The standard InChI is InChI=1S/C24H17F3N4O/c25-24(26,27)22-11-20(9-10-30-22)17-3-1-16(2-4-17)12-31-23(32)19-7-5-18(6-8-19)21-13-28-15-29-14-21/h1-11,13-15H,12H2,(H,31,32). The van der Waals surface area contributed by atoms with Gasteiger partial charge in [0.25, 0.3) is 5.91 Å². The summed E-state index contributed by atoms with van der Waals surface area (Å²) in [7, 11) is 0. The van der Waals surface area contributed by atoms with Crippen LogP contribution in [0.3, 0.4) is 0 Å². The maximum absolute atomic E-state index is 12.9. The van der Waals surface area contributed by atoms with Gasteiger partial charge in [-0.25, -0.2) is 9.97 Å². The number of halogens is 3. The van der Waals surface area contributed by atoms with Crippen LogP contribution in [-0.4, -0.2) is 20.9 Å². The molecule has 8 heteroatoms. The summed E-state index contributed by atoms with van der Waals surface area (Å²) in [5.41, 5.74) is 3.22. The van der Waals surface area contributed by atoms with E-state index < -0.39 is 11.9 Å². The zero-order valence-corrected chi connectivity index (χ0v) is 16.7. The third kappa shape index (κ3) is 4.97. The van der Waals surface area contributed by atoms with Gasteiger partial charge in [0.05, 0.1) is 0 Å². The summed E-state index contributed by atoms with van der Waals surface area (Å²) in [6.45, 7) is 0.289. The van der Waals surface area contributed by atoms with Crippen molar-refractivity contribution in [2.75, 3.05) is 0 Å². The van der Waals surface area contributed by atoms with E-state index >= 15 is 0 Å². The number of amides is 1. The summed E-state index contributed by atoms with van der Waals surface area (Å²) in [5, 5.41) is 2.84. The Morgan fingerprint density at radius 1 is 0.812 bits per heavy atom. The molecule has 2 aromatic carbocycles. The normalized spacial score (nSPS) is 11.2. The van der Waals surface area contributed by atoms with Gasteiger partial charge < -0.3 is 5.32 Å². The van der Waals surface area contributed by atoms with Crippen LogP contribution in [0.25, 0.3) is 22.3 Å². The van der Waals surface area contributed by atoms with Crippen molar-refractivity contribution in [1.82, 2.24) is 20.3 Å². The molecule has 0 saturated carbocycles. The topological polar surface area (TPSA) is 67.8 Å². The summed E-state index contributed by atoms with van der Waals surface area (Å²) >= 11 is 0. The van der Waals surface area contributed by atoms with Gasteiger partial charge >= 0.3 is 6.18 Å². The molecule has 0 aliphatic heterocycles. The highest BCUT2D eigenvalue weighted by Crippen LogP contribution is 2.30. The molecule has 0 atom stereocenters. The van der Waals surface area contributed by atoms with Crippen LogP contribution in [0.1, 0.15) is 21.6 Å². The van der Waals surface area contributed by atoms with Gasteiger partial charge in [-0.1, -0.05) is 36.4 Å². The van der Waals surface area contributed by atoms with Crippen LogP contribution in [0.15, 0.2) is 85.6 Å². The fourth-order valence-electron chi connectivity index (χ4n) is 3.13. The van der Waals surface area contributed by atoms with Crippen molar-refractivity contribution in [1.29, 1.82) is 0 Å². The molecule has 1 amide bonds. The highest BCUT2D eigenvalue weighted by molar-refractivity contribution is 5.94. The quantitative estimate of drug-likeness (QED) is 0.472. The number of alkyl halides is 3. The second kappa shape index (κ2) is 8.97. The zero-order chi connectivity index (χ0) is 22.6. The molecular weight excluding hydrogens is 417 g/mol. The molecule has 1 N–H and O–H groups in total. The zero-order valence-electron chi connectivity index (χ0n) is 16.7. The van der Waals surface area contributed by atoms with Gasteiger partial charge in [0.15, 0.2) is 0 Å². The summed E-state index contributed by atoms with van der Waals surface area (Å²) in [5.74, 6) is -0.228. The largest absolute Gasteiger partial charge is 0.433 e. The van der Waals surface area contributed by atoms with Gasteiger partial charge in [0, 0.05) is 36.3 Å². The lowest BCUT2D eigenvalue weighted by Crippen LogP contribution is -2.22. The Bertz CT molecular complexity index is 1210. The molecule has 0 radical (unpaired) electrons. The number of hydrogen-bond acceptors (Lipinski definition) is 4. The van der Waals surface area contributed by atoms with Gasteiger partial charge in [0.1, 0.15) is 12.0 Å². The predicted octanol–water partition coefficient (Wildman–Crippen LogP) is 5.15. The molecule has 0 bridgehead atoms. The minimum atomic E-state index is -4.49. The van der Waals surface area contributed by atoms with Crippen molar-refractivity contribution in [2.24, 2.45) is 0 Å². The fraction of sp³-hybridized carbons (Fsp3) is 0.0833. The molecular formula is C24H17F3N4O. The molecule has 5 nitrogen and oxygen atoms in total. The van der Waals surface area contributed by atoms with Crippen LogP contribution < -0.4 is 5.32 Å². The van der Waals surface area contributed by atoms with Crippen molar-refractivity contribution < 1.29 is 18.0 Å². The number of pyridine rings is 1. The molecule has 2 heterocycles. The van der Waals surface area contributed by atoms with E-state index in [2.05, 4.69) is 20.3 Å². The number of benzene rings is 2. The second-order valence-electron chi connectivity index (χ2n) is 7.01. The summed E-state index contributed by atoms with van der Waals surface area (Å²) in [4.78, 5) is 23.8. The van der Waals surface area contributed by atoms with Crippen LogP contribution in [0.4, 0.5) is 13.2 Å². The number of aromatic nitrogens is 3. The van der Waals surface area contributed by atoms with E-state index in [9.17, 15) is 18.0 Å².